The maximum Gasteiger partial charge on any atom is 0.257 e. The molecule has 0 spiro atoms. The standard InChI is InChI=1S/C19H19ClN2O5/c20-15-9-13(10-16-18(15)27-8-7-26-16)11-17(23)21-2-4-22(5-3-21)19(24)14-1-6-25-12-14/h1,6,9-10,12H,2-5,7-8,11H2. The third-order valence-electron chi connectivity index (χ3n) is 4.70. The smallest absolute Gasteiger partial charge is 0.257 e. The van der Waals surface area contributed by atoms with Gasteiger partial charge in [-0.1, -0.05) is 11.6 Å². The fourth-order valence-corrected chi connectivity index (χ4v) is 3.57. The first-order chi connectivity index (χ1) is 13.1. The number of furan rings is 1. The fourth-order valence-electron chi connectivity index (χ4n) is 3.28. The summed E-state index contributed by atoms with van der Waals surface area (Å²) in [5.74, 6) is 1.03. The number of hydrogen-bond acceptors (Lipinski definition) is 5. The maximum atomic E-state index is 12.6. The Morgan fingerprint density at radius 2 is 1.78 bits per heavy atom. The first-order valence-corrected chi connectivity index (χ1v) is 9.17. The van der Waals surface area contributed by atoms with Crippen molar-refractivity contribution in [2.75, 3.05) is 39.4 Å². The molecule has 0 aliphatic carbocycles. The molecule has 0 radical (unpaired) electrons. The van der Waals surface area contributed by atoms with Gasteiger partial charge in [-0.05, 0) is 23.8 Å². The van der Waals surface area contributed by atoms with E-state index in [2.05, 4.69) is 0 Å². The number of hydrogen-bond donors (Lipinski definition) is 0. The second kappa shape index (κ2) is 7.52. The van der Waals surface area contributed by atoms with Crippen LogP contribution in [-0.4, -0.2) is 61.0 Å². The summed E-state index contributed by atoms with van der Waals surface area (Å²) in [4.78, 5) is 28.5. The molecule has 2 aliphatic heterocycles. The molecule has 1 saturated heterocycles. The van der Waals surface area contributed by atoms with Crippen LogP contribution in [0.25, 0.3) is 0 Å². The van der Waals surface area contributed by atoms with Crippen molar-refractivity contribution < 1.29 is 23.5 Å². The molecule has 1 fully saturated rings. The highest BCUT2D eigenvalue weighted by molar-refractivity contribution is 6.32. The normalized spacial score (nSPS) is 16.3. The minimum atomic E-state index is -0.0746. The van der Waals surface area contributed by atoms with Gasteiger partial charge in [-0.15, -0.1) is 0 Å². The zero-order valence-electron chi connectivity index (χ0n) is 14.7. The molecule has 8 heteroatoms. The van der Waals surface area contributed by atoms with E-state index in [0.29, 0.717) is 61.5 Å². The van der Waals surface area contributed by atoms with Gasteiger partial charge in [0.1, 0.15) is 19.5 Å². The van der Waals surface area contributed by atoms with Crippen LogP contribution in [0.3, 0.4) is 0 Å². The van der Waals surface area contributed by atoms with Crippen molar-refractivity contribution in [3.05, 3.63) is 46.9 Å². The summed E-state index contributed by atoms with van der Waals surface area (Å²) in [6.45, 7) is 2.93. The van der Waals surface area contributed by atoms with Gasteiger partial charge in [-0.25, -0.2) is 0 Å². The Labute approximate surface area is 161 Å². The van der Waals surface area contributed by atoms with Gasteiger partial charge in [-0.3, -0.25) is 9.59 Å². The summed E-state index contributed by atoms with van der Waals surface area (Å²) in [5, 5.41) is 0.450. The number of fused-ring (bicyclic) bond motifs is 1. The van der Waals surface area contributed by atoms with Gasteiger partial charge in [0.15, 0.2) is 11.5 Å². The summed E-state index contributed by atoms with van der Waals surface area (Å²) in [7, 11) is 0. The lowest BCUT2D eigenvalue weighted by Crippen LogP contribution is -2.50. The average molecular weight is 391 g/mol. The summed E-state index contributed by atoms with van der Waals surface area (Å²) < 4.78 is 16.0. The van der Waals surface area contributed by atoms with E-state index in [-0.39, 0.29) is 18.2 Å². The van der Waals surface area contributed by atoms with Crippen LogP contribution in [0.15, 0.2) is 35.1 Å². The van der Waals surface area contributed by atoms with E-state index in [1.165, 1.54) is 12.5 Å². The molecule has 0 saturated carbocycles. The number of ether oxygens (including phenoxy) is 2. The minimum absolute atomic E-state index is 0.00171. The van der Waals surface area contributed by atoms with E-state index in [1.54, 1.807) is 28.0 Å². The van der Waals surface area contributed by atoms with Crippen molar-refractivity contribution in [1.82, 2.24) is 9.80 Å². The summed E-state index contributed by atoms with van der Waals surface area (Å²) in [6.07, 6.45) is 3.14. The maximum absolute atomic E-state index is 12.6. The molecule has 1 aromatic carbocycles. The van der Waals surface area contributed by atoms with E-state index < -0.39 is 0 Å². The van der Waals surface area contributed by atoms with Gasteiger partial charge < -0.3 is 23.7 Å². The topological polar surface area (TPSA) is 72.2 Å². The number of nitrogens with zero attached hydrogens (tertiary/aromatic N) is 2. The van der Waals surface area contributed by atoms with Gasteiger partial charge >= 0.3 is 0 Å². The van der Waals surface area contributed by atoms with Crippen LogP contribution in [0.5, 0.6) is 11.5 Å². The number of carbonyl (C=O) groups excluding carboxylic acids is 2. The quantitative estimate of drug-likeness (QED) is 0.803. The zero-order chi connectivity index (χ0) is 18.8. The van der Waals surface area contributed by atoms with Crippen LogP contribution in [0, 0.1) is 0 Å². The molecule has 0 unspecified atom stereocenters. The van der Waals surface area contributed by atoms with E-state index >= 15 is 0 Å². The molecular weight excluding hydrogens is 372 g/mol. The molecule has 2 amide bonds. The van der Waals surface area contributed by atoms with Crippen molar-refractivity contribution in [2.24, 2.45) is 0 Å². The van der Waals surface area contributed by atoms with Crippen molar-refractivity contribution in [3.63, 3.8) is 0 Å². The van der Waals surface area contributed by atoms with Crippen LogP contribution >= 0.6 is 11.6 Å². The molecule has 7 nitrogen and oxygen atoms in total. The van der Waals surface area contributed by atoms with Crippen molar-refractivity contribution in [1.29, 1.82) is 0 Å². The Kier molecular flexibility index (Phi) is 4.94. The molecule has 1 aromatic heterocycles. The summed E-state index contributed by atoms with van der Waals surface area (Å²) in [5.41, 5.74) is 1.31. The van der Waals surface area contributed by atoms with Crippen molar-refractivity contribution in [3.8, 4) is 11.5 Å². The van der Waals surface area contributed by atoms with Crippen LogP contribution in [0.2, 0.25) is 5.02 Å². The minimum Gasteiger partial charge on any atom is -0.486 e. The van der Waals surface area contributed by atoms with Gasteiger partial charge in [0, 0.05) is 26.2 Å². The number of piperazine rings is 1. The van der Waals surface area contributed by atoms with Crippen molar-refractivity contribution in [2.45, 2.75) is 6.42 Å². The number of carbonyl (C=O) groups is 2. The fraction of sp³-hybridized carbons (Fsp3) is 0.368. The zero-order valence-corrected chi connectivity index (χ0v) is 15.4. The Bertz CT molecular complexity index is 844. The van der Waals surface area contributed by atoms with E-state index in [9.17, 15) is 9.59 Å². The lowest BCUT2D eigenvalue weighted by atomic mass is 10.1. The van der Waals surface area contributed by atoms with Crippen LogP contribution < -0.4 is 9.47 Å². The number of rotatable bonds is 3. The molecule has 142 valence electrons. The molecule has 3 heterocycles. The lowest BCUT2D eigenvalue weighted by molar-refractivity contribution is -0.131. The molecule has 2 aromatic rings. The first-order valence-electron chi connectivity index (χ1n) is 8.79. The highest BCUT2D eigenvalue weighted by Gasteiger charge is 2.26. The van der Waals surface area contributed by atoms with Crippen LogP contribution in [0.1, 0.15) is 15.9 Å². The first kappa shape index (κ1) is 17.7. The molecule has 0 N–H and O–H groups in total. The van der Waals surface area contributed by atoms with Crippen molar-refractivity contribution >= 4 is 23.4 Å². The van der Waals surface area contributed by atoms with E-state index in [1.807, 2.05) is 0 Å². The molecule has 0 bridgehead atoms. The predicted octanol–water partition coefficient (Wildman–Crippen LogP) is 2.23. The predicted molar refractivity (Wildman–Crippen MR) is 97.3 cm³/mol. The van der Waals surface area contributed by atoms with Gasteiger partial charge in [0.2, 0.25) is 5.91 Å². The Balaban J connectivity index is 1.36. The SMILES string of the molecule is O=C(Cc1cc(Cl)c2c(c1)OCCO2)N1CCN(C(=O)c2ccoc2)CC1. The molecule has 27 heavy (non-hydrogen) atoms. The molecule has 2 aliphatic rings. The summed E-state index contributed by atoms with van der Waals surface area (Å²) >= 11 is 6.24. The molecule has 4 rings (SSSR count). The Hall–Kier alpha value is -2.67. The second-order valence-electron chi connectivity index (χ2n) is 6.46. The van der Waals surface area contributed by atoms with Crippen LogP contribution in [0.4, 0.5) is 0 Å². The molecular formula is C19H19ClN2O5. The number of amides is 2. The molecule has 0 atom stereocenters. The largest absolute Gasteiger partial charge is 0.486 e. The van der Waals surface area contributed by atoms with Gasteiger partial charge in [0.25, 0.3) is 5.91 Å². The third kappa shape index (κ3) is 3.73. The Morgan fingerprint density at radius 3 is 2.52 bits per heavy atom. The highest BCUT2D eigenvalue weighted by Crippen LogP contribution is 2.38. The van der Waals surface area contributed by atoms with E-state index in [4.69, 9.17) is 25.5 Å². The van der Waals surface area contributed by atoms with Gasteiger partial charge in [0.05, 0.1) is 23.3 Å². The monoisotopic (exact) mass is 390 g/mol. The number of halogens is 1. The Morgan fingerprint density at radius 1 is 1.04 bits per heavy atom. The summed E-state index contributed by atoms with van der Waals surface area (Å²) in [6, 6.07) is 5.19. The number of benzene rings is 1. The second-order valence-corrected chi connectivity index (χ2v) is 6.87. The van der Waals surface area contributed by atoms with Gasteiger partial charge in [-0.2, -0.15) is 0 Å². The highest BCUT2D eigenvalue weighted by atomic mass is 35.5. The van der Waals surface area contributed by atoms with Crippen LogP contribution in [-0.2, 0) is 11.2 Å². The van der Waals surface area contributed by atoms with E-state index in [0.717, 1.165) is 5.56 Å². The third-order valence-corrected chi connectivity index (χ3v) is 4.98. The lowest BCUT2D eigenvalue weighted by Gasteiger charge is -2.34. The average Bonchev–Trinajstić information content (AvgIpc) is 3.22.